The van der Waals surface area contributed by atoms with Gasteiger partial charge in [-0.1, -0.05) is 125 Å². The molecule has 552 valence electrons. The molecule has 11 aromatic carbocycles. The first-order valence-corrected chi connectivity index (χ1v) is 31.9. The monoisotopic (exact) mass is 1840 g/mol. The van der Waals surface area contributed by atoms with Gasteiger partial charge in [-0.3, -0.25) is 0 Å². The van der Waals surface area contributed by atoms with Crippen LogP contribution in [0.25, 0.3) is 43.1 Å². The predicted molar refractivity (Wildman–Crippen MR) is 408 cm³/mol. The van der Waals surface area contributed by atoms with Gasteiger partial charge in [0, 0.05) is 104 Å². The molecule has 4 aliphatic heterocycles. The maximum atomic E-state index is 12.4. The Morgan fingerprint density at radius 1 is 0.318 bits per heavy atom. The molecule has 110 heavy (non-hydrogen) atoms. The van der Waals surface area contributed by atoms with Crippen molar-refractivity contribution in [2.45, 2.75) is 37.1 Å². The predicted octanol–water partition coefficient (Wildman–Crippen LogP) is 18.1. The second-order valence-corrected chi connectivity index (χ2v) is 24.0. The van der Waals surface area contributed by atoms with E-state index in [0.29, 0.717) is 83.5 Å². The van der Waals surface area contributed by atoms with E-state index in [0.717, 1.165) is 34.8 Å². The molecule has 0 radical (unpaired) electrons. The van der Waals surface area contributed by atoms with Gasteiger partial charge in [-0.05, 0) is 181 Å². The van der Waals surface area contributed by atoms with E-state index < -0.39 is 47.8 Å². The van der Waals surface area contributed by atoms with Crippen LogP contribution in [0.1, 0.15) is 148 Å². The zero-order valence-electron chi connectivity index (χ0n) is 52.5. The topological polar surface area (TPSA) is 215 Å². The smallest absolute Gasteiger partial charge is 0.872 e. The molecule has 0 bridgehead atoms. The number of cyclic esters (lactones) is 8. The van der Waals surface area contributed by atoms with Crippen molar-refractivity contribution in [3.8, 4) is 102 Å². The number of halogens is 10. The summed E-state index contributed by atoms with van der Waals surface area (Å²) in [5.74, 6) is 6.89. The quantitative estimate of drug-likeness (QED) is 0.0400. The molecule has 4 heterocycles. The minimum Gasteiger partial charge on any atom is -0.872 e. The average molecular weight is 1850 g/mol. The Labute approximate surface area is 695 Å². The molecule has 0 aromatic heterocycles. The SMILES string of the molecule is C.C.C.C.C.C#CF.O=C1OC(=O)c2ccc(Br)c3c(Br)ccc1c23.O=C1OC(=O)c2ccc(Br)c3c(Br)ccc1c23.O=C1OC(=O)c2ccc(C#CF)c3c(C#CF)ccc1c23.O=C1OC(=O)c2ccc(Oc3ccc(C#CF)cc3)c3c(Oc4ccc(C#CF)cc4)ccc1c23.[Na+].[O-]c1cccc(C#CF)c1.[Pd]. The Morgan fingerprint density at radius 2 is 0.573 bits per heavy atom. The number of hydrogen-bond acceptors (Lipinski definition) is 15. The van der Waals surface area contributed by atoms with E-state index in [1.807, 2.05) is 0 Å². The van der Waals surface area contributed by atoms with Crippen molar-refractivity contribution in [3.05, 3.63) is 260 Å². The molecule has 0 atom stereocenters. The summed E-state index contributed by atoms with van der Waals surface area (Å²) < 4.78 is 105. The van der Waals surface area contributed by atoms with Gasteiger partial charge in [-0.15, -0.1) is 32.1 Å². The number of benzene rings is 11. The Kier molecular flexibility index (Phi) is 35.6. The maximum absolute atomic E-state index is 12.4. The first kappa shape index (κ1) is 93.1. The minimum atomic E-state index is -0.817. The van der Waals surface area contributed by atoms with Gasteiger partial charge in [-0.2, -0.15) is 0 Å². The summed E-state index contributed by atoms with van der Waals surface area (Å²) in [6.07, 6.45) is 11.1. The Hall–Kier alpha value is -11.1. The van der Waals surface area contributed by atoms with Crippen molar-refractivity contribution < 1.29 is 148 Å². The number of rotatable bonds is 4. The summed E-state index contributed by atoms with van der Waals surface area (Å²) in [4.78, 5) is 94.9. The van der Waals surface area contributed by atoms with E-state index in [-0.39, 0.29) is 137 Å². The van der Waals surface area contributed by atoms with Gasteiger partial charge in [0.15, 0.2) is 0 Å². The van der Waals surface area contributed by atoms with Gasteiger partial charge in [-0.25, -0.2) is 38.4 Å². The minimum absolute atomic E-state index is 0. The van der Waals surface area contributed by atoms with Crippen molar-refractivity contribution in [3.63, 3.8) is 0 Å². The number of terminal acetylenes is 1. The third-order valence-electron chi connectivity index (χ3n) is 14.8. The summed E-state index contributed by atoms with van der Waals surface area (Å²) >= 11 is 13.7. The fourth-order valence-corrected chi connectivity index (χ4v) is 13.3. The van der Waals surface area contributed by atoms with Crippen LogP contribution in [-0.2, 0) is 39.4 Å². The summed E-state index contributed by atoms with van der Waals surface area (Å²) in [6, 6.07) is 44.0. The molecule has 0 fully saturated rings. The van der Waals surface area contributed by atoms with Crippen molar-refractivity contribution in [1.29, 1.82) is 0 Å². The molecule has 15 nitrogen and oxygen atoms in total. The van der Waals surface area contributed by atoms with Gasteiger partial charge < -0.3 is 33.5 Å². The molecule has 0 amide bonds. The second kappa shape index (κ2) is 42.1. The van der Waals surface area contributed by atoms with E-state index in [1.165, 1.54) is 79.4 Å². The van der Waals surface area contributed by atoms with E-state index >= 15 is 0 Å². The fraction of sp³-hybridized carbons (Fsp3) is 0.0602. The molecule has 0 N–H and O–H groups in total. The molecular formula is C83H49Br4F6NaO15Pd. The van der Waals surface area contributed by atoms with Gasteiger partial charge in [0.1, 0.15) is 60.0 Å². The van der Waals surface area contributed by atoms with Crippen molar-refractivity contribution in [2.75, 3.05) is 0 Å². The van der Waals surface area contributed by atoms with E-state index in [9.17, 15) is 69.8 Å². The molecule has 11 aromatic rings. The van der Waals surface area contributed by atoms with Crippen LogP contribution >= 0.6 is 63.7 Å². The number of carbonyl (C=O) groups is 8. The summed E-state index contributed by atoms with van der Waals surface area (Å²) in [7, 11) is 0. The van der Waals surface area contributed by atoms with Crippen LogP contribution < -0.4 is 44.1 Å². The first-order chi connectivity index (χ1) is 49.7. The summed E-state index contributed by atoms with van der Waals surface area (Å²) in [6.45, 7) is 0. The standard InChI is InChI=1S/C28H12F2O5.C16H4F2O3.2C12H4Br2O3.C8H5FO.C2HF.5CH4.Na.Pd/c29-15-13-17-1-5-19(6-2-17)33-23-11-9-21-25-22(28(32)35-27(21)31)10-12-24(26(23)25)34-20-7-3-18(4-8-20)14-16-30;17-7-5-9-1-3-11-14-12(16(20)21-15(11)19)4-2-10(6-8-18)13(9)14;2*13-7-3-1-5-9-6(12(16)17-11(5)15)2-4-8(14)10(7)9;9-5-4-7-2-1-3-8(10)6-7;1-2-3;;;;;;;/h1-12H;1-4H;2*1-4H;1-3,6,10H;1H;5*1H4;;/q;;;;;;;;;;;+1;/p-1. The third-order valence-corrected chi connectivity index (χ3v) is 17.4. The van der Waals surface area contributed by atoms with Crippen LogP contribution in [-0.4, -0.2) is 47.8 Å². The molecule has 0 unspecified atom stereocenters. The normalized spacial score (nSPS) is 11.1. The Balaban J connectivity index is 0.000000366. The Bertz CT molecular complexity index is 5490. The average Bonchev–Trinajstić information content (AvgIpc) is 0.765. The zero-order valence-corrected chi connectivity index (χ0v) is 62.4. The van der Waals surface area contributed by atoms with Crippen molar-refractivity contribution in [1.82, 2.24) is 0 Å². The number of carbonyl (C=O) groups excluding carboxylic acids is 8. The second-order valence-electron chi connectivity index (χ2n) is 20.6. The van der Waals surface area contributed by atoms with E-state index in [4.69, 9.17) is 14.2 Å². The maximum Gasteiger partial charge on any atom is 1.00 e. The first-order valence-electron chi connectivity index (χ1n) is 28.7. The summed E-state index contributed by atoms with van der Waals surface area (Å²) in [5.41, 5.74) is 4.07. The van der Waals surface area contributed by atoms with Gasteiger partial charge in [0.05, 0.1) is 49.9 Å². The number of ether oxygens (including phenoxy) is 6. The third kappa shape index (κ3) is 20.2. The van der Waals surface area contributed by atoms with Gasteiger partial charge in [0.25, 0.3) is 0 Å². The van der Waals surface area contributed by atoms with Crippen LogP contribution in [0.5, 0.6) is 28.7 Å². The van der Waals surface area contributed by atoms with Gasteiger partial charge in [0.2, 0.25) is 0 Å². The van der Waals surface area contributed by atoms with Crippen LogP contribution in [0.3, 0.4) is 0 Å². The van der Waals surface area contributed by atoms with Crippen LogP contribution in [0, 0.1) is 73.1 Å². The van der Waals surface area contributed by atoms with Crippen LogP contribution in [0.15, 0.2) is 188 Å². The van der Waals surface area contributed by atoms with E-state index in [2.05, 4.69) is 114 Å². The van der Waals surface area contributed by atoms with Crippen LogP contribution in [0.4, 0.5) is 26.3 Å². The van der Waals surface area contributed by atoms with Crippen molar-refractivity contribution in [2.24, 2.45) is 0 Å². The molecule has 0 saturated heterocycles. The molecule has 0 aliphatic carbocycles. The summed E-state index contributed by atoms with van der Waals surface area (Å²) in [5, 5.41) is 14.7. The zero-order chi connectivity index (χ0) is 73.8. The molecule has 0 spiro atoms. The molecule has 0 saturated carbocycles. The fourth-order valence-electron chi connectivity index (χ4n) is 10.6. The Morgan fingerprint density at radius 3 is 0.855 bits per heavy atom. The van der Waals surface area contributed by atoms with Crippen molar-refractivity contribution >= 4 is 155 Å². The molecular weight excluding hydrogens is 1800 g/mol. The number of esters is 8. The number of hydrogen-bond donors (Lipinski definition) is 0. The molecule has 15 rings (SSSR count). The molecule has 27 heteroatoms. The molecule has 4 aliphatic rings. The van der Waals surface area contributed by atoms with Gasteiger partial charge >= 0.3 is 77.3 Å². The van der Waals surface area contributed by atoms with Crippen LogP contribution in [0.2, 0.25) is 0 Å². The van der Waals surface area contributed by atoms with E-state index in [1.54, 1.807) is 121 Å². The largest absolute Gasteiger partial charge is 1.00 e.